The van der Waals surface area contributed by atoms with E-state index in [0.29, 0.717) is 10.7 Å². The van der Waals surface area contributed by atoms with E-state index in [1.165, 1.54) is 23.5 Å². The molecule has 2 aromatic rings. The second-order valence-electron chi connectivity index (χ2n) is 6.63. The topological polar surface area (TPSA) is 100 Å². The number of anilines is 1. The Hall–Kier alpha value is -2.52. The molecule has 0 saturated heterocycles. The fourth-order valence-electron chi connectivity index (χ4n) is 3.05. The molecular formula is C20H28FN5O2S. The van der Waals surface area contributed by atoms with Crippen molar-refractivity contribution in [1.82, 2.24) is 20.5 Å². The van der Waals surface area contributed by atoms with Gasteiger partial charge >= 0.3 is 0 Å². The van der Waals surface area contributed by atoms with Gasteiger partial charge in [0.2, 0.25) is 11.8 Å². The van der Waals surface area contributed by atoms with Crippen LogP contribution in [-0.2, 0) is 16.1 Å². The zero-order valence-electron chi connectivity index (χ0n) is 16.9. The maximum atomic E-state index is 13.3. The molecule has 0 saturated carbocycles. The molecule has 2 atom stereocenters. The molecule has 1 heterocycles. The van der Waals surface area contributed by atoms with Crippen LogP contribution >= 0.6 is 11.3 Å². The molecule has 2 amide bonds. The predicted molar refractivity (Wildman–Crippen MR) is 113 cm³/mol. The first-order chi connectivity index (χ1) is 13.8. The van der Waals surface area contributed by atoms with Crippen LogP contribution in [0.2, 0.25) is 0 Å². The summed E-state index contributed by atoms with van der Waals surface area (Å²) in [5.41, 5.74) is 6.24. The van der Waals surface area contributed by atoms with Crippen molar-refractivity contribution < 1.29 is 14.0 Å². The van der Waals surface area contributed by atoms with Gasteiger partial charge in [-0.3, -0.25) is 14.5 Å². The van der Waals surface area contributed by atoms with Gasteiger partial charge in [0, 0.05) is 17.6 Å². The number of nitrogens with two attached hydrogens (primary N) is 1. The van der Waals surface area contributed by atoms with E-state index in [-0.39, 0.29) is 36.8 Å². The normalized spacial score (nSPS) is 13.1. The van der Waals surface area contributed by atoms with E-state index in [1.54, 1.807) is 18.3 Å². The number of hydrogen-bond donors (Lipinski definition) is 3. The molecule has 1 aromatic heterocycles. The molecule has 0 aliphatic heterocycles. The van der Waals surface area contributed by atoms with Crippen LogP contribution in [0.4, 0.5) is 9.52 Å². The number of thiazole rings is 1. The second-order valence-corrected chi connectivity index (χ2v) is 7.78. The Bertz CT molecular complexity index is 807. The minimum Gasteiger partial charge on any atom is -0.375 e. The fourth-order valence-corrected chi connectivity index (χ4v) is 3.67. The van der Waals surface area contributed by atoms with Crippen molar-refractivity contribution in [3.63, 3.8) is 0 Å². The van der Waals surface area contributed by atoms with Crippen LogP contribution in [0.25, 0.3) is 0 Å². The highest BCUT2D eigenvalue weighted by Gasteiger charge is 2.24. The van der Waals surface area contributed by atoms with Crippen LogP contribution in [0.5, 0.6) is 0 Å². The number of amides is 2. The second kappa shape index (κ2) is 10.9. The Balaban J connectivity index is 2.07. The van der Waals surface area contributed by atoms with Crippen LogP contribution in [0, 0.1) is 5.82 Å². The number of aromatic nitrogens is 1. The largest absolute Gasteiger partial charge is 0.375 e. The fraction of sp³-hybridized carbons (Fsp3) is 0.450. The molecule has 7 nitrogen and oxygen atoms in total. The van der Waals surface area contributed by atoms with Crippen molar-refractivity contribution in [3.05, 3.63) is 46.7 Å². The zero-order chi connectivity index (χ0) is 21.4. The molecule has 0 bridgehead atoms. The molecule has 0 aliphatic carbocycles. The lowest BCUT2D eigenvalue weighted by atomic mass is 9.97. The number of benzene rings is 1. The minimum atomic E-state index is -0.645. The van der Waals surface area contributed by atoms with Gasteiger partial charge in [0.15, 0.2) is 5.13 Å². The number of nitrogens with zero attached hydrogens (tertiary/aromatic N) is 2. The highest BCUT2D eigenvalue weighted by Crippen LogP contribution is 2.18. The SMILES string of the molecule is CCN(CC)[C@@H](C)C(=O)NC[C@H](C(=O)NCc1cnc(N)s1)c1ccc(F)cc1. The Kier molecular flexibility index (Phi) is 8.53. The van der Waals surface area contributed by atoms with E-state index in [2.05, 4.69) is 15.6 Å². The summed E-state index contributed by atoms with van der Waals surface area (Å²) in [7, 11) is 0. The lowest BCUT2D eigenvalue weighted by Gasteiger charge is -2.26. The Labute approximate surface area is 174 Å². The number of carbonyl (C=O) groups excluding carboxylic acids is 2. The van der Waals surface area contributed by atoms with Gasteiger partial charge in [-0.25, -0.2) is 9.37 Å². The molecule has 9 heteroatoms. The summed E-state index contributed by atoms with van der Waals surface area (Å²) >= 11 is 1.30. The maximum Gasteiger partial charge on any atom is 0.237 e. The van der Waals surface area contributed by atoms with Crippen molar-refractivity contribution in [3.8, 4) is 0 Å². The van der Waals surface area contributed by atoms with Gasteiger partial charge in [-0.15, -0.1) is 11.3 Å². The monoisotopic (exact) mass is 421 g/mol. The third-order valence-corrected chi connectivity index (χ3v) is 5.64. The summed E-state index contributed by atoms with van der Waals surface area (Å²) in [5, 5.41) is 6.14. The van der Waals surface area contributed by atoms with Crippen LogP contribution in [0.15, 0.2) is 30.5 Å². The van der Waals surface area contributed by atoms with Crippen LogP contribution in [0.3, 0.4) is 0 Å². The van der Waals surface area contributed by atoms with Gasteiger partial charge < -0.3 is 16.4 Å². The lowest BCUT2D eigenvalue weighted by molar-refractivity contribution is -0.126. The molecule has 0 unspecified atom stereocenters. The van der Waals surface area contributed by atoms with Crippen molar-refractivity contribution in [2.75, 3.05) is 25.4 Å². The molecule has 1 aromatic carbocycles. The standard InChI is InChI=1S/C20H28FN5O2S/c1-4-26(5-2)13(3)18(27)24-12-17(14-6-8-15(21)9-7-14)19(28)23-10-16-11-25-20(22)29-16/h6-9,11,13,17H,4-5,10,12H2,1-3H3,(H2,22,25)(H,23,28)(H,24,27)/t13-,17-/m0/s1. The van der Waals surface area contributed by atoms with Crippen molar-refractivity contribution in [2.24, 2.45) is 0 Å². The summed E-state index contributed by atoms with van der Waals surface area (Å²) < 4.78 is 13.3. The first kappa shape index (κ1) is 22.8. The number of nitrogens with one attached hydrogen (secondary N) is 2. The molecular weight excluding hydrogens is 393 g/mol. The number of carbonyl (C=O) groups is 2. The zero-order valence-corrected chi connectivity index (χ0v) is 17.8. The van der Waals surface area contributed by atoms with Gasteiger partial charge in [-0.1, -0.05) is 26.0 Å². The van der Waals surface area contributed by atoms with Crippen LogP contribution in [0.1, 0.15) is 37.1 Å². The maximum absolute atomic E-state index is 13.3. The third-order valence-electron chi connectivity index (χ3n) is 4.82. The molecule has 4 N–H and O–H groups in total. The summed E-state index contributed by atoms with van der Waals surface area (Å²) in [6.45, 7) is 7.74. The summed E-state index contributed by atoms with van der Waals surface area (Å²) in [6.07, 6.45) is 1.61. The Morgan fingerprint density at radius 1 is 1.17 bits per heavy atom. The molecule has 0 fully saturated rings. The van der Waals surface area contributed by atoms with Gasteiger partial charge in [0.25, 0.3) is 0 Å². The lowest BCUT2D eigenvalue weighted by Crippen LogP contribution is -2.47. The van der Waals surface area contributed by atoms with E-state index in [1.807, 2.05) is 25.7 Å². The number of likely N-dealkylation sites (N-methyl/N-ethyl adjacent to an activating group) is 1. The first-order valence-electron chi connectivity index (χ1n) is 9.60. The van der Waals surface area contributed by atoms with Crippen molar-refractivity contribution in [1.29, 1.82) is 0 Å². The molecule has 2 rings (SSSR count). The van der Waals surface area contributed by atoms with Gasteiger partial charge in [0.05, 0.1) is 18.5 Å². The van der Waals surface area contributed by atoms with Crippen molar-refractivity contribution >= 4 is 28.3 Å². The Morgan fingerprint density at radius 2 is 1.83 bits per heavy atom. The third kappa shape index (κ3) is 6.50. The Morgan fingerprint density at radius 3 is 2.38 bits per heavy atom. The van der Waals surface area contributed by atoms with E-state index in [9.17, 15) is 14.0 Å². The van der Waals surface area contributed by atoms with Gasteiger partial charge in [0.1, 0.15) is 5.82 Å². The molecule has 0 spiro atoms. The highest BCUT2D eigenvalue weighted by molar-refractivity contribution is 7.15. The average molecular weight is 422 g/mol. The van der Waals surface area contributed by atoms with E-state index in [4.69, 9.17) is 5.73 Å². The van der Waals surface area contributed by atoms with E-state index in [0.717, 1.165) is 18.0 Å². The highest BCUT2D eigenvalue weighted by atomic mass is 32.1. The number of halogens is 1. The molecule has 0 radical (unpaired) electrons. The van der Waals surface area contributed by atoms with E-state index < -0.39 is 5.92 Å². The summed E-state index contributed by atoms with van der Waals surface area (Å²) in [4.78, 5) is 32.2. The van der Waals surface area contributed by atoms with E-state index >= 15 is 0 Å². The van der Waals surface area contributed by atoms with Gasteiger partial charge in [-0.05, 0) is 37.7 Å². The molecule has 158 valence electrons. The van der Waals surface area contributed by atoms with Crippen molar-refractivity contribution in [2.45, 2.75) is 39.3 Å². The predicted octanol–water partition coefficient (Wildman–Crippen LogP) is 2.11. The smallest absolute Gasteiger partial charge is 0.237 e. The van der Waals surface area contributed by atoms with Crippen LogP contribution < -0.4 is 16.4 Å². The minimum absolute atomic E-state index is 0.118. The average Bonchev–Trinajstić information content (AvgIpc) is 3.13. The summed E-state index contributed by atoms with van der Waals surface area (Å²) in [5.74, 6) is -1.44. The summed E-state index contributed by atoms with van der Waals surface area (Å²) in [6, 6.07) is 5.43. The molecule has 0 aliphatic rings. The molecule has 29 heavy (non-hydrogen) atoms. The van der Waals surface area contributed by atoms with Crippen LogP contribution in [-0.4, -0.2) is 47.4 Å². The number of hydrogen-bond acceptors (Lipinski definition) is 6. The first-order valence-corrected chi connectivity index (χ1v) is 10.4. The quantitative estimate of drug-likeness (QED) is 0.546. The number of rotatable bonds is 10. The van der Waals surface area contributed by atoms with Gasteiger partial charge in [-0.2, -0.15) is 0 Å². The number of nitrogen functional groups attached to an aromatic ring is 1.